The molecule has 0 aromatic carbocycles. The molecule has 1 aliphatic carbocycles. The second-order valence-corrected chi connectivity index (χ2v) is 5.22. The van der Waals surface area contributed by atoms with Crippen LogP contribution in [0.2, 0.25) is 0 Å². The lowest BCUT2D eigenvalue weighted by Crippen LogP contribution is -2.34. The molecule has 1 aromatic heterocycles. The van der Waals surface area contributed by atoms with Gasteiger partial charge in [-0.2, -0.15) is 5.26 Å². The first-order valence-corrected chi connectivity index (χ1v) is 6.57. The number of piperidine rings is 1. The van der Waals surface area contributed by atoms with E-state index in [0.717, 1.165) is 30.3 Å². The minimum atomic E-state index is 0.606. The molecule has 2 atom stereocenters. The van der Waals surface area contributed by atoms with Gasteiger partial charge in [0.05, 0.1) is 11.3 Å². The van der Waals surface area contributed by atoms with Gasteiger partial charge in [-0.1, -0.05) is 6.08 Å². The summed E-state index contributed by atoms with van der Waals surface area (Å²) in [7, 11) is 0. The third-order valence-electron chi connectivity index (χ3n) is 4.21. The zero-order valence-corrected chi connectivity index (χ0v) is 10.6. The van der Waals surface area contributed by atoms with Crippen molar-refractivity contribution in [1.29, 1.82) is 5.26 Å². The maximum absolute atomic E-state index is 9.10. The van der Waals surface area contributed by atoms with Crippen LogP contribution in [0.25, 0.3) is 5.57 Å². The van der Waals surface area contributed by atoms with Crippen LogP contribution in [0.4, 0.5) is 0 Å². The van der Waals surface area contributed by atoms with Crippen LogP contribution in [0, 0.1) is 30.1 Å². The Balaban J connectivity index is 1.94. The maximum atomic E-state index is 9.10. The molecule has 0 radical (unpaired) electrons. The molecule has 0 unspecified atom stereocenters. The lowest BCUT2D eigenvalue weighted by Gasteiger charge is -2.28. The Hall–Kier alpha value is -1.66. The number of pyridine rings is 1. The normalized spacial score (nSPS) is 26.3. The van der Waals surface area contributed by atoms with E-state index in [9.17, 15) is 0 Å². The van der Waals surface area contributed by atoms with Gasteiger partial charge in [0.2, 0.25) is 0 Å². The maximum Gasteiger partial charge on any atom is 0.101 e. The van der Waals surface area contributed by atoms with E-state index < -0.39 is 0 Å². The lowest BCUT2D eigenvalue weighted by molar-refractivity contribution is 0.328. The number of hydrogen-bond acceptors (Lipinski definition) is 3. The number of allylic oxidation sites excluding steroid dienone is 1. The molecule has 3 heteroatoms. The summed E-state index contributed by atoms with van der Waals surface area (Å²) in [6, 6.07) is 4.22. The molecule has 1 fully saturated rings. The summed E-state index contributed by atoms with van der Waals surface area (Å²) < 4.78 is 0. The largest absolute Gasteiger partial charge is 0.316 e. The number of hydrogen-bond donors (Lipinski definition) is 1. The molecule has 92 valence electrons. The molecule has 1 saturated heterocycles. The van der Waals surface area contributed by atoms with Crippen LogP contribution in [0.1, 0.15) is 29.7 Å². The first-order valence-electron chi connectivity index (χ1n) is 6.57. The van der Waals surface area contributed by atoms with Crippen molar-refractivity contribution in [1.82, 2.24) is 10.3 Å². The fraction of sp³-hybridized carbons (Fsp3) is 0.467. The first kappa shape index (κ1) is 11.4. The molecular formula is C15H17N3. The molecule has 1 aliphatic heterocycles. The molecule has 1 aromatic rings. The van der Waals surface area contributed by atoms with Gasteiger partial charge < -0.3 is 5.32 Å². The third kappa shape index (κ3) is 1.83. The van der Waals surface area contributed by atoms with Crippen molar-refractivity contribution in [3.05, 3.63) is 35.2 Å². The van der Waals surface area contributed by atoms with Crippen molar-refractivity contribution in [2.75, 3.05) is 13.1 Å². The summed E-state index contributed by atoms with van der Waals surface area (Å²) in [5.41, 5.74) is 4.03. The zero-order valence-electron chi connectivity index (χ0n) is 10.6. The molecule has 2 heterocycles. The molecule has 0 saturated carbocycles. The summed E-state index contributed by atoms with van der Waals surface area (Å²) in [6.45, 7) is 4.08. The summed E-state index contributed by atoms with van der Waals surface area (Å²) in [6.07, 6.45) is 6.70. The quantitative estimate of drug-likeness (QED) is 0.818. The number of rotatable bonds is 1. The molecular weight excluding hydrogens is 222 g/mol. The highest BCUT2D eigenvalue weighted by Gasteiger charge is 2.32. The van der Waals surface area contributed by atoms with Crippen molar-refractivity contribution >= 4 is 5.57 Å². The molecule has 0 amide bonds. The minimum Gasteiger partial charge on any atom is -0.316 e. The van der Waals surface area contributed by atoms with Crippen LogP contribution >= 0.6 is 0 Å². The van der Waals surface area contributed by atoms with Crippen LogP contribution in [0.3, 0.4) is 0 Å². The molecule has 18 heavy (non-hydrogen) atoms. The molecule has 2 aliphatic rings. The van der Waals surface area contributed by atoms with Gasteiger partial charge in [0.25, 0.3) is 0 Å². The number of nitrogens with one attached hydrogen (secondary N) is 1. The Morgan fingerprint density at radius 2 is 2.39 bits per heavy atom. The van der Waals surface area contributed by atoms with Gasteiger partial charge in [-0.05, 0) is 55.3 Å². The number of nitriles is 1. The summed E-state index contributed by atoms with van der Waals surface area (Å²) in [5, 5.41) is 12.6. The molecule has 3 rings (SSSR count). The fourth-order valence-electron chi connectivity index (χ4n) is 3.12. The van der Waals surface area contributed by atoms with E-state index in [2.05, 4.69) is 22.4 Å². The third-order valence-corrected chi connectivity index (χ3v) is 4.21. The SMILES string of the molecule is Cc1ncc(C2=CC[C@H]3CCNC[C@@H]23)cc1C#N. The highest BCUT2D eigenvalue weighted by atomic mass is 14.9. The van der Waals surface area contributed by atoms with Gasteiger partial charge in [0.15, 0.2) is 0 Å². The average Bonchev–Trinajstić information content (AvgIpc) is 2.83. The first-order chi connectivity index (χ1) is 8.79. The zero-order chi connectivity index (χ0) is 12.5. The predicted molar refractivity (Wildman–Crippen MR) is 70.7 cm³/mol. The highest BCUT2D eigenvalue weighted by molar-refractivity contribution is 5.70. The van der Waals surface area contributed by atoms with Crippen molar-refractivity contribution in [2.45, 2.75) is 19.8 Å². The molecule has 0 bridgehead atoms. The lowest BCUT2D eigenvalue weighted by atomic mass is 9.83. The van der Waals surface area contributed by atoms with E-state index in [1.807, 2.05) is 19.2 Å². The van der Waals surface area contributed by atoms with Crippen LogP contribution in [0.5, 0.6) is 0 Å². The number of fused-ring (bicyclic) bond motifs is 1. The summed E-state index contributed by atoms with van der Waals surface area (Å²) >= 11 is 0. The second kappa shape index (κ2) is 4.55. The van der Waals surface area contributed by atoms with Crippen molar-refractivity contribution < 1.29 is 0 Å². The van der Waals surface area contributed by atoms with Crippen molar-refractivity contribution in [3.8, 4) is 6.07 Å². The van der Waals surface area contributed by atoms with Crippen LogP contribution in [-0.4, -0.2) is 18.1 Å². The van der Waals surface area contributed by atoms with E-state index in [4.69, 9.17) is 5.26 Å². The van der Waals surface area contributed by atoms with Gasteiger partial charge in [-0.3, -0.25) is 4.98 Å². The second-order valence-electron chi connectivity index (χ2n) is 5.22. The Morgan fingerprint density at radius 3 is 3.22 bits per heavy atom. The van der Waals surface area contributed by atoms with Crippen LogP contribution < -0.4 is 5.32 Å². The number of aromatic nitrogens is 1. The number of nitrogens with zero attached hydrogens (tertiary/aromatic N) is 2. The summed E-state index contributed by atoms with van der Waals surface area (Å²) in [4.78, 5) is 4.35. The molecule has 1 N–H and O–H groups in total. The Bertz CT molecular complexity index is 539. The van der Waals surface area contributed by atoms with Gasteiger partial charge in [0.1, 0.15) is 6.07 Å². The van der Waals surface area contributed by atoms with E-state index in [-0.39, 0.29) is 0 Å². The minimum absolute atomic E-state index is 0.606. The summed E-state index contributed by atoms with van der Waals surface area (Å²) in [5.74, 6) is 1.39. The van der Waals surface area contributed by atoms with Gasteiger partial charge in [0, 0.05) is 12.7 Å². The topological polar surface area (TPSA) is 48.7 Å². The predicted octanol–water partition coefficient (Wildman–Crippen LogP) is 2.27. The molecule has 0 spiro atoms. The van der Waals surface area contributed by atoms with Gasteiger partial charge >= 0.3 is 0 Å². The van der Waals surface area contributed by atoms with E-state index in [1.165, 1.54) is 18.4 Å². The van der Waals surface area contributed by atoms with Crippen LogP contribution in [0.15, 0.2) is 18.3 Å². The van der Waals surface area contributed by atoms with E-state index >= 15 is 0 Å². The average molecular weight is 239 g/mol. The Kier molecular flexibility index (Phi) is 2.89. The molecule has 3 nitrogen and oxygen atoms in total. The van der Waals surface area contributed by atoms with Crippen molar-refractivity contribution in [2.24, 2.45) is 11.8 Å². The fourth-order valence-corrected chi connectivity index (χ4v) is 3.12. The van der Waals surface area contributed by atoms with Gasteiger partial charge in [-0.25, -0.2) is 0 Å². The standard InChI is InChI=1S/C15H17N3/c1-10-12(7-16)6-13(8-18-10)14-3-2-11-4-5-17-9-15(11)14/h3,6,8,11,15,17H,2,4-5,9H2,1H3/t11-,15+/m0/s1. The monoisotopic (exact) mass is 239 g/mol. The Morgan fingerprint density at radius 1 is 1.50 bits per heavy atom. The van der Waals surface area contributed by atoms with Crippen LogP contribution in [-0.2, 0) is 0 Å². The van der Waals surface area contributed by atoms with Gasteiger partial charge in [-0.15, -0.1) is 0 Å². The van der Waals surface area contributed by atoms with E-state index in [1.54, 1.807) is 0 Å². The van der Waals surface area contributed by atoms with E-state index in [0.29, 0.717) is 11.5 Å². The number of aryl methyl sites for hydroxylation is 1. The smallest absolute Gasteiger partial charge is 0.101 e. The Labute approximate surface area is 108 Å². The van der Waals surface area contributed by atoms with Crippen molar-refractivity contribution in [3.63, 3.8) is 0 Å². The highest BCUT2D eigenvalue weighted by Crippen LogP contribution is 2.40.